The molecule has 2 aromatic heterocycles. The van der Waals surface area contributed by atoms with Crippen LogP contribution in [0.25, 0.3) is 64.7 Å². The first-order valence-corrected chi connectivity index (χ1v) is 23.7. The van der Waals surface area contributed by atoms with Crippen LogP contribution in [-0.2, 0) is 5.41 Å². The standard InChI is InChI=1S/C63H40N2OS/c1-3-17-41(18-4-1)42-31-34-45(35-32-42)64(46-36-38-51-60(40-46)67-62-50-23-9-16-30-59(50)66-61(51)62)56-27-13-8-21-47(56)43-33-37-49-48-22-7-10-24-52(48)63(55(49)39-43)53-25-11-14-28-57(53)65(44-19-5-2-6-20-44)58-29-15-12-26-54(58)63/h1-40H. The average Bonchev–Trinajstić information content (AvgIpc) is 4.04. The topological polar surface area (TPSA) is 19.6 Å². The van der Waals surface area contributed by atoms with Gasteiger partial charge in [0.05, 0.1) is 27.2 Å². The molecule has 67 heavy (non-hydrogen) atoms. The fourth-order valence-electron chi connectivity index (χ4n) is 11.2. The van der Waals surface area contributed by atoms with Crippen LogP contribution in [-0.4, -0.2) is 0 Å². The maximum atomic E-state index is 6.48. The molecule has 0 atom stereocenters. The van der Waals surface area contributed by atoms with Crippen molar-refractivity contribution in [3.05, 3.63) is 265 Å². The van der Waals surface area contributed by atoms with E-state index in [0.717, 1.165) is 55.8 Å². The summed E-state index contributed by atoms with van der Waals surface area (Å²) >= 11 is 1.80. The van der Waals surface area contributed by atoms with E-state index in [1.54, 1.807) is 11.3 Å². The molecule has 0 saturated carbocycles. The van der Waals surface area contributed by atoms with Crippen LogP contribution >= 0.6 is 11.3 Å². The molecule has 4 heteroatoms. The average molecular weight is 873 g/mol. The Balaban J connectivity index is 0.982. The second-order valence-electron chi connectivity index (χ2n) is 17.6. The third kappa shape index (κ3) is 5.57. The maximum absolute atomic E-state index is 6.48. The van der Waals surface area contributed by atoms with Gasteiger partial charge >= 0.3 is 0 Å². The normalized spacial score (nSPS) is 13.2. The van der Waals surface area contributed by atoms with Crippen LogP contribution in [0.15, 0.2) is 247 Å². The Kier molecular flexibility index (Phi) is 8.37. The SMILES string of the molecule is c1ccc(-c2ccc(N(c3ccc4c(c3)sc3c5ccccc5oc43)c3ccccc3-c3ccc4c(c3)C3(c5ccccc5-4)c4ccccc4N(c4ccccc4)c4ccccc43)cc2)cc1. The summed E-state index contributed by atoms with van der Waals surface area (Å²) in [5.41, 5.74) is 20.5. The van der Waals surface area contributed by atoms with Crippen molar-refractivity contribution in [2.24, 2.45) is 0 Å². The largest absolute Gasteiger partial charge is 0.454 e. The van der Waals surface area contributed by atoms with Crippen molar-refractivity contribution < 1.29 is 4.42 Å². The minimum Gasteiger partial charge on any atom is -0.454 e. The molecule has 2 aliphatic rings. The van der Waals surface area contributed by atoms with E-state index in [4.69, 9.17) is 4.42 Å². The number of fused-ring (bicyclic) bond motifs is 14. The van der Waals surface area contributed by atoms with E-state index >= 15 is 0 Å². The lowest BCUT2D eigenvalue weighted by Crippen LogP contribution is -2.36. The van der Waals surface area contributed by atoms with Gasteiger partial charge in [-0.1, -0.05) is 164 Å². The monoisotopic (exact) mass is 872 g/mol. The molecule has 3 nitrogen and oxygen atoms in total. The van der Waals surface area contributed by atoms with Gasteiger partial charge in [-0.05, 0) is 129 Å². The third-order valence-corrected chi connectivity index (χ3v) is 15.2. The molecule has 10 aromatic carbocycles. The highest BCUT2D eigenvalue weighted by Crippen LogP contribution is 2.64. The van der Waals surface area contributed by atoms with E-state index in [1.807, 2.05) is 6.07 Å². The number of thiophene rings is 1. The summed E-state index contributed by atoms with van der Waals surface area (Å²) in [7, 11) is 0. The third-order valence-electron chi connectivity index (χ3n) is 14.1. The number of nitrogens with zero attached hydrogens (tertiary/aromatic N) is 2. The quantitative estimate of drug-likeness (QED) is 0.166. The molecule has 1 spiro atoms. The molecular weight excluding hydrogens is 833 g/mol. The van der Waals surface area contributed by atoms with Crippen LogP contribution in [0, 0.1) is 0 Å². The van der Waals surface area contributed by atoms with Crippen LogP contribution in [0.2, 0.25) is 0 Å². The predicted octanol–water partition coefficient (Wildman–Crippen LogP) is 17.8. The highest BCUT2D eigenvalue weighted by atomic mass is 32.1. The minimum atomic E-state index is -0.562. The summed E-state index contributed by atoms with van der Waals surface area (Å²) in [6.45, 7) is 0. The van der Waals surface area contributed by atoms with E-state index in [-0.39, 0.29) is 0 Å². The lowest BCUT2D eigenvalue weighted by molar-refractivity contribution is 0.673. The number of rotatable bonds is 6. The molecule has 0 radical (unpaired) electrons. The number of hydrogen-bond donors (Lipinski definition) is 0. The van der Waals surface area contributed by atoms with Gasteiger partial charge in [0.25, 0.3) is 0 Å². The summed E-state index contributed by atoms with van der Waals surface area (Å²) in [6.07, 6.45) is 0. The number of furan rings is 1. The molecule has 0 saturated heterocycles. The number of benzene rings is 10. The highest BCUT2D eigenvalue weighted by Gasteiger charge is 2.51. The zero-order valence-electron chi connectivity index (χ0n) is 36.3. The van der Waals surface area contributed by atoms with Crippen LogP contribution in [0.1, 0.15) is 22.3 Å². The molecule has 3 heterocycles. The molecule has 0 bridgehead atoms. The van der Waals surface area contributed by atoms with Crippen molar-refractivity contribution in [3.8, 4) is 33.4 Å². The van der Waals surface area contributed by atoms with Crippen molar-refractivity contribution in [1.82, 2.24) is 0 Å². The molecule has 0 unspecified atom stereocenters. The Hall–Kier alpha value is -8.44. The van der Waals surface area contributed by atoms with Crippen molar-refractivity contribution in [1.29, 1.82) is 0 Å². The number of anilines is 6. The first kappa shape index (κ1) is 37.9. The molecule has 1 aliphatic carbocycles. The van der Waals surface area contributed by atoms with Crippen molar-refractivity contribution in [2.75, 3.05) is 9.80 Å². The number of hydrogen-bond acceptors (Lipinski definition) is 4. The Morgan fingerprint density at radius 1 is 0.403 bits per heavy atom. The smallest absolute Gasteiger partial charge is 0.154 e. The molecule has 14 rings (SSSR count). The minimum absolute atomic E-state index is 0.562. The second kappa shape index (κ2) is 14.8. The van der Waals surface area contributed by atoms with E-state index in [9.17, 15) is 0 Å². The van der Waals surface area contributed by atoms with Gasteiger partial charge in [0, 0.05) is 38.1 Å². The van der Waals surface area contributed by atoms with E-state index in [1.165, 1.54) is 65.3 Å². The zero-order chi connectivity index (χ0) is 44.1. The van der Waals surface area contributed by atoms with Crippen molar-refractivity contribution >= 4 is 76.8 Å². The van der Waals surface area contributed by atoms with Crippen LogP contribution < -0.4 is 9.80 Å². The fourth-order valence-corrected chi connectivity index (χ4v) is 12.4. The van der Waals surface area contributed by atoms with Gasteiger partial charge in [0.15, 0.2) is 5.58 Å². The summed E-state index contributed by atoms with van der Waals surface area (Å²) in [5, 5.41) is 2.29. The van der Waals surface area contributed by atoms with Gasteiger partial charge in [-0.3, -0.25) is 0 Å². The Bertz CT molecular complexity index is 3840. The van der Waals surface area contributed by atoms with E-state index in [2.05, 4.69) is 246 Å². The van der Waals surface area contributed by atoms with E-state index < -0.39 is 5.41 Å². The summed E-state index contributed by atoms with van der Waals surface area (Å²) in [6, 6.07) is 88.9. The number of para-hydroxylation sites is 5. The van der Waals surface area contributed by atoms with Gasteiger partial charge in [-0.2, -0.15) is 0 Å². The second-order valence-corrected chi connectivity index (χ2v) is 18.6. The zero-order valence-corrected chi connectivity index (χ0v) is 37.1. The Morgan fingerprint density at radius 2 is 0.985 bits per heavy atom. The van der Waals surface area contributed by atoms with Crippen LogP contribution in [0.4, 0.5) is 34.1 Å². The van der Waals surface area contributed by atoms with Gasteiger partial charge < -0.3 is 14.2 Å². The van der Waals surface area contributed by atoms with Gasteiger partial charge in [-0.25, -0.2) is 0 Å². The Labute approximate surface area is 392 Å². The molecule has 0 amide bonds. The molecule has 1 aliphatic heterocycles. The molecule has 12 aromatic rings. The molecule has 0 N–H and O–H groups in total. The first-order chi connectivity index (χ1) is 33.2. The summed E-state index contributed by atoms with van der Waals surface area (Å²) in [4.78, 5) is 4.88. The molecule has 0 fully saturated rings. The first-order valence-electron chi connectivity index (χ1n) is 22.9. The van der Waals surface area contributed by atoms with Crippen LogP contribution in [0.5, 0.6) is 0 Å². The lowest BCUT2D eigenvalue weighted by Gasteiger charge is -2.45. The van der Waals surface area contributed by atoms with E-state index in [0.29, 0.717) is 0 Å². The summed E-state index contributed by atoms with van der Waals surface area (Å²) < 4.78 is 8.86. The fraction of sp³-hybridized carbons (Fsp3) is 0.0159. The lowest BCUT2D eigenvalue weighted by atomic mass is 9.64. The predicted molar refractivity (Wildman–Crippen MR) is 280 cm³/mol. The van der Waals surface area contributed by atoms with Crippen molar-refractivity contribution in [2.45, 2.75) is 5.41 Å². The van der Waals surface area contributed by atoms with Crippen molar-refractivity contribution in [3.63, 3.8) is 0 Å². The summed E-state index contributed by atoms with van der Waals surface area (Å²) in [5.74, 6) is 0. The highest BCUT2D eigenvalue weighted by molar-refractivity contribution is 7.26. The van der Waals surface area contributed by atoms with Gasteiger partial charge in [0.2, 0.25) is 0 Å². The molecule has 314 valence electrons. The van der Waals surface area contributed by atoms with Gasteiger partial charge in [-0.15, -0.1) is 11.3 Å². The molecular formula is C63H40N2OS. The Morgan fingerprint density at radius 3 is 1.76 bits per heavy atom. The maximum Gasteiger partial charge on any atom is 0.154 e. The van der Waals surface area contributed by atoms with Crippen LogP contribution in [0.3, 0.4) is 0 Å². The van der Waals surface area contributed by atoms with Gasteiger partial charge in [0.1, 0.15) is 5.58 Å².